The van der Waals surface area contributed by atoms with Gasteiger partial charge in [-0.3, -0.25) is 9.69 Å². The number of nitrogens with zero attached hydrogens (tertiary/aromatic N) is 1. The normalized spacial score (nSPS) is 16.2. The molecule has 1 fully saturated rings. The van der Waals surface area contributed by atoms with Crippen molar-refractivity contribution in [3.05, 3.63) is 64.2 Å². The standard InChI is InChI=1S/C18H12ClNO4S2/c19-13-5-2-1-4-12(13)14-8-7-11(24-14)10-15-17(23)20(18(25)26-15)9-3-6-16(21)22/h1-8,10H,9H2,(H,21,22)/b6-3+,15-10-. The van der Waals surface area contributed by atoms with Crippen LogP contribution in [0.5, 0.6) is 0 Å². The summed E-state index contributed by atoms with van der Waals surface area (Å²) in [6.07, 6.45) is 3.96. The molecule has 0 bridgehead atoms. The number of thioether (sulfide) groups is 1. The van der Waals surface area contributed by atoms with E-state index in [0.29, 0.717) is 25.8 Å². The lowest BCUT2D eigenvalue weighted by Crippen LogP contribution is -2.28. The summed E-state index contributed by atoms with van der Waals surface area (Å²) in [4.78, 5) is 24.7. The lowest BCUT2D eigenvalue weighted by atomic mass is 10.2. The molecule has 0 spiro atoms. The number of benzene rings is 1. The summed E-state index contributed by atoms with van der Waals surface area (Å²) in [5.41, 5.74) is 0.764. The summed E-state index contributed by atoms with van der Waals surface area (Å²) in [5, 5.41) is 9.19. The molecular formula is C18H12ClNO4S2. The minimum Gasteiger partial charge on any atom is -0.478 e. The minimum absolute atomic E-state index is 0.108. The van der Waals surface area contributed by atoms with Crippen molar-refractivity contribution in [2.45, 2.75) is 0 Å². The molecule has 1 aliphatic rings. The monoisotopic (exact) mass is 405 g/mol. The first-order chi connectivity index (χ1) is 12.5. The molecule has 0 saturated carbocycles. The highest BCUT2D eigenvalue weighted by Crippen LogP contribution is 2.34. The lowest BCUT2D eigenvalue weighted by Gasteiger charge is -2.10. The van der Waals surface area contributed by atoms with Gasteiger partial charge in [-0.05, 0) is 24.3 Å². The second-order valence-corrected chi connectivity index (χ2v) is 7.30. The molecule has 1 amide bonds. The molecule has 26 heavy (non-hydrogen) atoms. The van der Waals surface area contributed by atoms with Gasteiger partial charge in [-0.15, -0.1) is 0 Å². The molecule has 1 aromatic heterocycles. The number of furan rings is 1. The van der Waals surface area contributed by atoms with Gasteiger partial charge in [0.2, 0.25) is 0 Å². The summed E-state index contributed by atoms with van der Waals surface area (Å²) in [5.74, 6) is -0.261. The molecule has 0 unspecified atom stereocenters. The SMILES string of the molecule is O=C(O)/C=C/CN1C(=O)/C(=C/c2ccc(-c3ccccc3Cl)o2)SC1=S. The van der Waals surface area contributed by atoms with Crippen LogP contribution in [-0.2, 0) is 9.59 Å². The van der Waals surface area contributed by atoms with Crippen molar-refractivity contribution in [3.8, 4) is 11.3 Å². The number of halogens is 1. The predicted molar refractivity (Wildman–Crippen MR) is 106 cm³/mol. The third-order valence-electron chi connectivity index (χ3n) is 3.46. The van der Waals surface area contributed by atoms with E-state index in [1.807, 2.05) is 18.2 Å². The highest BCUT2D eigenvalue weighted by Gasteiger charge is 2.31. The molecular weight excluding hydrogens is 394 g/mol. The Morgan fingerprint density at radius 1 is 1.31 bits per heavy atom. The number of amides is 1. The second kappa shape index (κ2) is 7.90. The first-order valence-corrected chi connectivity index (χ1v) is 9.05. The quantitative estimate of drug-likeness (QED) is 0.585. The average molecular weight is 406 g/mol. The van der Waals surface area contributed by atoms with Gasteiger partial charge >= 0.3 is 5.97 Å². The number of carbonyl (C=O) groups excluding carboxylic acids is 1. The van der Waals surface area contributed by atoms with E-state index in [1.165, 1.54) is 11.0 Å². The summed E-state index contributed by atoms with van der Waals surface area (Å²) in [6, 6.07) is 10.8. The molecule has 1 N–H and O–H groups in total. The van der Waals surface area contributed by atoms with Crippen LogP contribution < -0.4 is 0 Å². The maximum Gasteiger partial charge on any atom is 0.328 e. The van der Waals surface area contributed by atoms with Crippen LogP contribution in [0.25, 0.3) is 17.4 Å². The van der Waals surface area contributed by atoms with E-state index >= 15 is 0 Å². The van der Waals surface area contributed by atoms with Gasteiger partial charge in [-0.25, -0.2) is 4.79 Å². The fourth-order valence-electron chi connectivity index (χ4n) is 2.28. The zero-order valence-corrected chi connectivity index (χ0v) is 15.6. The van der Waals surface area contributed by atoms with Crippen molar-refractivity contribution in [3.63, 3.8) is 0 Å². The molecule has 2 heterocycles. The third-order valence-corrected chi connectivity index (χ3v) is 5.17. The lowest BCUT2D eigenvalue weighted by molar-refractivity contribution is -0.131. The Balaban J connectivity index is 1.79. The van der Waals surface area contributed by atoms with Crippen LogP contribution in [0.15, 0.2) is 57.9 Å². The number of carbonyl (C=O) groups is 2. The summed E-state index contributed by atoms with van der Waals surface area (Å²) in [6.45, 7) is 0.108. The number of thiocarbonyl (C=S) groups is 1. The van der Waals surface area contributed by atoms with Gasteiger partial charge in [0.1, 0.15) is 15.8 Å². The van der Waals surface area contributed by atoms with Gasteiger partial charge in [-0.1, -0.05) is 53.8 Å². The van der Waals surface area contributed by atoms with Crippen LogP contribution in [0.3, 0.4) is 0 Å². The maximum absolute atomic E-state index is 12.4. The number of hydrogen-bond acceptors (Lipinski definition) is 5. The van der Waals surface area contributed by atoms with Crippen LogP contribution in [0.4, 0.5) is 0 Å². The Morgan fingerprint density at radius 3 is 2.81 bits per heavy atom. The van der Waals surface area contributed by atoms with E-state index in [1.54, 1.807) is 24.3 Å². The molecule has 0 radical (unpaired) electrons. The van der Waals surface area contributed by atoms with Crippen molar-refractivity contribution in [2.24, 2.45) is 0 Å². The molecule has 1 saturated heterocycles. The van der Waals surface area contributed by atoms with E-state index in [9.17, 15) is 9.59 Å². The largest absolute Gasteiger partial charge is 0.478 e. The summed E-state index contributed by atoms with van der Waals surface area (Å²) < 4.78 is 6.13. The van der Waals surface area contributed by atoms with Gasteiger partial charge < -0.3 is 9.52 Å². The van der Waals surface area contributed by atoms with Crippen molar-refractivity contribution in [1.29, 1.82) is 0 Å². The number of carboxylic acid groups (broad SMARTS) is 1. The molecule has 3 rings (SSSR count). The van der Waals surface area contributed by atoms with E-state index < -0.39 is 5.97 Å². The zero-order chi connectivity index (χ0) is 18.7. The van der Waals surface area contributed by atoms with Gasteiger partial charge in [0, 0.05) is 24.3 Å². The maximum atomic E-state index is 12.4. The average Bonchev–Trinajstić information content (AvgIpc) is 3.15. The number of carboxylic acids is 1. The Morgan fingerprint density at radius 2 is 2.08 bits per heavy atom. The van der Waals surface area contributed by atoms with Crippen molar-refractivity contribution in [2.75, 3.05) is 6.54 Å². The van der Waals surface area contributed by atoms with E-state index in [0.717, 1.165) is 23.4 Å². The van der Waals surface area contributed by atoms with Gasteiger partial charge in [0.15, 0.2) is 0 Å². The van der Waals surface area contributed by atoms with Crippen LogP contribution in [0, 0.1) is 0 Å². The molecule has 8 heteroatoms. The van der Waals surface area contributed by atoms with Crippen LogP contribution >= 0.6 is 35.6 Å². The van der Waals surface area contributed by atoms with E-state index in [-0.39, 0.29) is 12.5 Å². The highest BCUT2D eigenvalue weighted by molar-refractivity contribution is 8.26. The third kappa shape index (κ3) is 4.07. The molecule has 5 nitrogen and oxygen atoms in total. The van der Waals surface area contributed by atoms with Crippen LogP contribution in [-0.4, -0.2) is 32.7 Å². The molecule has 2 aromatic rings. The van der Waals surface area contributed by atoms with Crippen molar-refractivity contribution in [1.82, 2.24) is 4.90 Å². The Labute approximate surface area is 163 Å². The predicted octanol–water partition coefficient (Wildman–Crippen LogP) is 4.44. The molecule has 0 atom stereocenters. The van der Waals surface area contributed by atoms with Crippen molar-refractivity contribution < 1.29 is 19.1 Å². The smallest absolute Gasteiger partial charge is 0.328 e. The fourth-order valence-corrected chi connectivity index (χ4v) is 3.77. The number of rotatable bonds is 5. The van der Waals surface area contributed by atoms with Gasteiger partial charge in [0.05, 0.1) is 9.93 Å². The summed E-state index contributed by atoms with van der Waals surface area (Å²) >= 11 is 12.5. The second-order valence-electron chi connectivity index (χ2n) is 5.21. The zero-order valence-electron chi connectivity index (χ0n) is 13.2. The Bertz CT molecular complexity index is 948. The Hall–Kier alpha value is -2.35. The van der Waals surface area contributed by atoms with Crippen molar-refractivity contribution >= 4 is 57.9 Å². The molecule has 0 aliphatic carbocycles. The molecule has 1 aliphatic heterocycles. The molecule has 1 aromatic carbocycles. The molecule has 132 valence electrons. The summed E-state index contributed by atoms with van der Waals surface area (Å²) in [7, 11) is 0. The van der Waals surface area contributed by atoms with Crippen LogP contribution in [0.1, 0.15) is 5.76 Å². The highest BCUT2D eigenvalue weighted by atomic mass is 35.5. The van der Waals surface area contributed by atoms with E-state index in [4.69, 9.17) is 33.3 Å². The Kier molecular flexibility index (Phi) is 5.61. The van der Waals surface area contributed by atoms with Gasteiger partial charge in [-0.2, -0.15) is 0 Å². The first kappa shape index (κ1) is 18.4. The fraction of sp³-hybridized carbons (Fsp3) is 0.0556. The number of aliphatic carboxylic acids is 1. The first-order valence-electron chi connectivity index (χ1n) is 7.45. The van der Waals surface area contributed by atoms with Crippen LogP contribution in [0.2, 0.25) is 5.02 Å². The number of hydrogen-bond donors (Lipinski definition) is 1. The van der Waals surface area contributed by atoms with E-state index in [2.05, 4.69) is 0 Å². The van der Waals surface area contributed by atoms with Gasteiger partial charge in [0.25, 0.3) is 5.91 Å². The topological polar surface area (TPSA) is 70.8 Å². The minimum atomic E-state index is -1.08.